The summed E-state index contributed by atoms with van der Waals surface area (Å²) in [6.07, 6.45) is 1.61. The first-order valence-electron chi connectivity index (χ1n) is 9.56. The summed E-state index contributed by atoms with van der Waals surface area (Å²) in [5.74, 6) is -1.95. The monoisotopic (exact) mass is 400 g/mol. The maximum absolute atomic E-state index is 13.1. The van der Waals surface area contributed by atoms with Gasteiger partial charge in [0.2, 0.25) is 0 Å². The number of anilines is 1. The Morgan fingerprint density at radius 3 is 2.40 bits per heavy atom. The van der Waals surface area contributed by atoms with Crippen molar-refractivity contribution in [1.82, 2.24) is 15.6 Å². The van der Waals surface area contributed by atoms with Crippen molar-refractivity contribution in [3.63, 3.8) is 0 Å². The van der Waals surface area contributed by atoms with Crippen LogP contribution in [0.15, 0.2) is 79.0 Å². The molecule has 0 radical (unpaired) electrons. The fraction of sp³-hybridized carbons (Fsp3) is 0.130. The molecule has 0 saturated carbocycles. The number of amides is 3. The molecular formula is C23H20N4O3. The lowest BCUT2D eigenvalue weighted by Crippen LogP contribution is -2.44. The number of hydrogen-bond acceptors (Lipinski definition) is 4. The minimum absolute atomic E-state index is 0.127. The number of hydrogen-bond donors (Lipinski definition) is 2. The average molecular weight is 400 g/mol. The van der Waals surface area contributed by atoms with Gasteiger partial charge in [0, 0.05) is 17.4 Å². The molecule has 150 valence electrons. The third-order valence-electron chi connectivity index (χ3n) is 4.87. The molecule has 0 saturated heterocycles. The molecule has 2 heterocycles. The van der Waals surface area contributed by atoms with Crippen LogP contribution in [0.1, 0.15) is 22.9 Å². The lowest BCUT2D eigenvalue weighted by molar-refractivity contribution is -0.140. The molecule has 30 heavy (non-hydrogen) atoms. The van der Waals surface area contributed by atoms with Gasteiger partial charge in [0.15, 0.2) is 0 Å². The minimum Gasteiger partial charge on any atom is -0.342 e. The lowest BCUT2D eigenvalue weighted by Gasteiger charge is -2.18. The van der Waals surface area contributed by atoms with E-state index >= 15 is 0 Å². The third kappa shape index (κ3) is 4.05. The summed E-state index contributed by atoms with van der Waals surface area (Å²) in [6, 6.07) is 21.3. The van der Waals surface area contributed by atoms with E-state index in [1.54, 1.807) is 41.4 Å². The topological polar surface area (TPSA) is 91.4 Å². The summed E-state index contributed by atoms with van der Waals surface area (Å²) in [5.41, 5.74) is 3.01. The average Bonchev–Trinajstić information content (AvgIpc) is 3.05. The van der Waals surface area contributed by atoms with Crippen molar-refractivity contribution >= 4 is 23.4 Å². The van der Waals surface area contributed by atoms with E-state index in [-0.39, 0.29) is 12.5 Å². The first kappa shape index (κ1) is 19.3. The maximum atomic E-state index is 13.1. The van der Waals surface area contributed by atoms with E-state index in [0.29, 0.717) is 17.8 Å². The second-order valence-electron chi connectivity index (χ2n) is 6.88. The summed E-state index contributed by atoms with van der Waals surface area (Å²) in [6.45, 7) is 0.511. The Morgan fingerprint density at radius 2 is 1.63 bits per heavy atom. The first-order chi connectivity index (χ1) is 14.6. The zero-order chi connectivity index (χ0) is 20.9. The van der Waals surface area contributed by atoms with Crippen molar-refractivity contribution in [2.75, 3.05) is 4.90 Å². The van der Waals surface area contributed by atoms with Gasteiger partial charge in [-0.25, -0.2) is 0 Å². The van der Waals surface area contributed by atoms with Crippen molar-refractivity contribution < 1.29 is 14.4 Å². The van der Waals surface area contributed by atoms with Crippen LogP contribution in [0.4, 0.5) is 5.69 Å². The third-order valence-corrected chi connectivity index (χ3v) is 4.87. The lowest BCUT2D eigenvalue weighted by atomic mass is 10.1. The van der Waals surface area contributed by atoms with E-state index in [0.717, 1.165) is 11.3 Å². The van der Waals surface area contributed by atoms with Crippen LogP contribution >= 0.6 is 0 Å². The number of carbonyl (C=O) groups excluding carboxylic acids is 3. The molecule has 1 atom stereocenters. The Balaban J connectivity index is 1.46. The molecular weight excluding hydrogens is 380 g/mol. The molecule has 1 aliphatic heterocycles. The summed E-state index contributed by atoms with van der Waals surface area (Å²) in [4.78, 5) is 43.4. The van der Waals surface area contributed by atoms with Gasteiger partial charge in [-0.3, -0.25) is 19.4 Å². The smallest absolute Gasteiger partial charge is 0.310 e. The van der Waals surface area contributed by atoms with Crippen LogP contribution < -0.4 is 15.5 Å². The molecule has 0 fully saturated rings. The number of fused-ring (bicyclic) bond motifs is 1. The van der Waals surface area contributed by atoms with Gasteiger partial charge in [-0.05, 0) is 23.8 Å². The molecule has 4 rings (SSSR count). The number of pyridine rings is 1. The highest BCUT2D eigenvalue weighted by Crippen LogP contribution is 2.36. The largest absolute Gasteiger partial charge is 0.342 e. The van der Waals surface area contributed by atoms with Crippen molar-refractivity contribution in [2.24, 2.45) is 0 Å². The number of benzene rings is 2. The Bertz CT molecular complexity index is 1070. The van der Waals surface area contributed by atoms with Gasteiger partial charge < -0.3 is 15.5 Å². The fourth-order valence-electron chi connectivity index (χ4n) is 3.40. The van der Waals surface area contributed by atoms with Crippen molar-refractivity contribution in [1.29, 1.82) is 0 Å². The predicted molar refractivity (Wildman–Crippen MR) is 111 cm³/mol. The highest BCUT2D eigenvalue weighted by molar-refractivity contribution is 6.35. The van der Waals surface area contributed by atoms with Crippen molar-refractivity contribution in [3.8, 4) is 0 Å². The Hall–Kier alpha value is -4.00. The van der Waals surface area contributed by atoms with Crippen LogP contribution in [0, 0.1) is 0 Å². The highest BCUT2D eigenvalue weighted by Gasteiger charge is 2.38. The van der Waals surface area contributed by atoms with Crippen LogP contribution in [0.25, 0.3) is 0 Å². The normalized spacial score (nSPS) is 14.9. The molecule has 3 aromatic rings. The van der Waals surface area contributed by atoms with Crippen molar-refractivity contribution in [2.45, 2.75) is 19.1 Å². The summed E-state index contributed by atoms with van der Waals surface area (Å²) >= 11 is 0. The number of para-hydroxylation sites is 1. The second-order valence-corrected chi connectivity index (χ2v) is 6.88. The van der Waals surface area contributed by atoms with E-state index in [1.807, 2.05) is 42.5 Å². The molecule has 0 unspecified atom stereocenters. The molecule has 0 spiro atoms. The minimum atomic E-state index is -0.905. The molecule has 1 aromatic heterocycles. The van der Waals surface area contributed by atoms with Gasteiger partial charge >= 0.3 is 11.8 Å². The summed E-state index contributed by atoms with van der Waals surface area (Å²) in [5, 5.41) is 5.10. The molecule has 7 heteroatoms. The van der Waals surface area contributed by atoms with Gasteiger partial charge in [0.25, 0.3) is 5.91 Å². The Morgan fingerprint density at radius 1 is 0.900 bits per heavy atom. The first-order valence-corrected chi connectivity index (χ1v) is 9.56. The number of nitrogens with one attached hydrogen (secondary N) is 2. The van der Waals surface area contributed by atoms with Crippen LogP contribution in [0.5, 0.6) is 0 Å². The van der Waals surface area contributed by atoms with Gasteiger partial charge in [-0.1, -0.05) is 54.6 Å². The zero-order valence-corrected chi connectivity index (χ0v) is 16.1. The molecule has 0 aliphatic carbocycles. The van der Waals surface area contributed by atoms with Gasteiger partial charge in [-0.2, -0.15) is 0 Å². The SMILES string of the molecule is O=C(NCc1ccccn1)C(=O)N[C@H]1C(=O)N(Cc2ccccc2)c2ccccc21. The summed E-state index contributed by atoms with van der Waals surface area (Å²) in [7, 11) is 0. The molecule has 3 amide bonds. The maximum Gasteiger partial charge on any atom is 0.310 e. The number of aromatic nitrogens is 1. The van der Waals surface area contributed by atoms with E-state index in [1.165, 1.54) is 0 Å². The molecule has 7 nitrogen and oxygen atoms in total. The zero-order valence-electron chi connectivity index (χ0n) is 16.1. The van der Waals surface area contributed by atoms with E-state index in [4.69, 9.17) is 0 Å². The fourth-order valence-corrected chi connectivity index (χ4v) is 3.40. The van der Waals surface area contributed by atoms with E-state index in [2.05, 4.69) is 15.6 Å². The Kier molecular flexibility index (Phi) is 5.52. The van der Waals surface area contributed by atoms with E-state index < -0.39 is 17.9 Å². The molecule has 2 N–H and O–H groups in total. The molecule has 1 aliphatic rings. The summed E-state index contributed by atoms with van der Waals surface area (Å²) < 4.78 is 0. The standard InChI is InChI=1S/C23H20N4O3/c28-21(25-14-17-10-6-7-13-24-17)22(29)26-20-18-11-4-5-12-19(18)27(23(20)30)15-16-8-2-1-3-9-16/h1-13,20H,14-15H2,(H,25,28)(H,26,29)/t20-/m1/s1. The van der Waals surface area contributed by atoms with Gasteiger partial charge in [0.05, 0.1) is 18.8 Å². The van der Waals surface area contributed by atoms with Crippen LogP contribution in [-0.2, 0) is 27.5 Å². The van der Waals surface area contributed by atoms with Crippen LogP contribution in [-0.4, -0.2) is 22.7 Å². The second kappa shape index (κ2) is 8.57. The number of nitrogens with zero attached hydrogens (tertiary/aromatic N) is 2. The molecule has 2 aromatic carbocycles. The van der Waals surface area contributed by atoms with Crippen LogP contribution in [0.2, 0.25) is 0 Å². The van der Waals surface area contributed by atoms with Crippen LogP contribution in [0.3, 0.4) is 0 Å². The quantitative estimate of drug-likeness (QED) is 0.642. The van der Waals surface area contributed by atoms with Gasteiger partial charge in [-0.15, -0.1) is 0 Å². The number of carbonyl (C=O) groups is 3. The molecule has 0 bridgehead atoms. The van der Waals surface area contributed by atoms with Crippen molar-refractivity contribution in [3.05, 3.63) is 95.8 Å². The predicted octanol–water partition coefficient (Wildman–Crippen LogP) is 2.10. The number of rotatable bonds is 5. The van der Waals surface area contributed by atoms with Gasteiger partial charge in [0.1, 0.15) is 6.04 Å². The van der Waals surface area contributed by atoms with E-state index in [9.17, 15) is 14.4 Å². The highest BCUT2D eigenvalue weighted by atomic mass is 16.2. The Labute approximate surface area is 173 Å².